The van der Waals surface area contributed by atoms with E-state index < -0.39 is 5.60 Å². The molecule has 0 bridgehead atoms. The van der Waals surface area contributed by atoms with Gasteiger partial charge < -0.3 is 20.2 Å². The molecule has 1 fully saturated rings. The number of aromatic nitrogens is 2. The van der Waals surface area contributed by atoms with E-state index in [1.165, 1.54) is 6.33 Å². The summed E-state index contributed by atoms with van der Waals surface area (Å²) in [5, 5.41) is 10.5. The predicted molar refractivity (Wildman–Crippen MR) is 72.9 cm³/mol. The van der Waals surface area contributed by atoms with Crippen LogP contribution >= 0.6 is 0 Å². The van der Waals surface area contributed by atoms with Gasteiger partial charge >= 0.3 is 0 Å². The lowest BCUT2D eigenvalue weighted by Crippen LogP contribution is -2.46. The third-order valence-electron chi connectivity index (χ3n) is 3.51. The van der Waals surface area contributed by atoms with E-state index in [1.54, 1.807) is 0 Å². The lowest BCUT2D eigenvalue weighted by atomic mass is 9.94. The van der Waals surface area contributed by atoms with Gasteiger partial charge in [-0.15, -0.1) is 0 Å². The maximum Gasteiger partial charge on any atom is 0.148 e. The van der Waals surface area contributed by atoms with Gasteiger partial charge in [-0.2, -0.15) is 0 Å². The van der Waals surface area contributed by atoms with Gasteiger partial charge in [0.15, 0.2) is 0 Å². The number of rotatable bonds is 4. The molecule has 2 heterocycles. The van der Waals surface area contributed by atoms with Crippen LogP contribution in [0, 0.1) is 6.92 Å². The Hall–Kier alpha value is -1.44. The fourth-order valence-corrected chi connectivity index (χ4v) is 2.40. The lowest BCUT2D eigenvalue weighted by molar-refractivity contribution is -0.0573. The molecule has 7 heteroatoms. The minimum absolute atomic E-state index is 0.512. The van der Waals surface area contributed by atoms with Crippen LogP contribution in [0.25, 0.3) is 0 Å². The maximum absolute atomic E-state index is 10.5. The van der Waals surface area contributed by atoms with Crippen LogP contribution in [0.3, 0.4) is 0 Å². The molecule has 106 valence electrons. The molecule has 4 N–H and O–H groups in total. The Morgan fingerprint density at radius 3 is 2.79 bits per heavy atom. The van der Waals surface area contributed by atoms with Crippen molar-refractivity contribution in [2.24, 2.45) is 5.84 Å². The molecule has 0 saturated carbocycles. The predicted octanol–water partition coefficient (Wildman–Crippen LogP) is 0.0483. The molecule has 0 amide bonds. The van der Waals surface area contributed by atoms with Crippen molar-refractivity contribution in [1.82, 2.24) is 9.97 Å². The van der Waals surface area contributed by atoms with Gasteiger partial charge in [0.2, 0.25) is 0 Å². The zero-order valence-corrected chi connectivity index (χ0v) is 11.4. The molecule has 19 heavy (non-hydrogen) atoms. The number of hydrogen-bond donors (Lipinski definition) is 3. The monoisotopic (exact) mass is 267 g/mol. The molecular formula is C12H21N5O2. The minimum Gasteiger partial charge on any atom is -0.388 e. The van der Waals surface area contributed by atoms with Gasteiger partial charge in [0, 0.05) is 45.2 Å². The molecule has 1 aliphatic heterocycles. The summed E-state index contributed by atoms with van der Waals surface area (Å²) in [6.07, 6.45) is 2.75. The molecule has 1 aliphatic rings. The van der Waals surface area contributed by atoms with Crippen molar-refractivity contribution in [3.8, 4) is 0 Å². The highest BCUT2D eigenvalue weighted by Crippen LogP contribution is 2.26. The standard InChI is InChI=1S/C12H21N5O2/c1-9-10(16-13)14-8-15-11(9)17(2)7-12(18)3-5-19-6-4-12/h8,18H,3-7,13H2,1-2H3,(H,14,15,16). The molecule has 0 aliphatic carbocycles. The number of nitrogen functional groups attached to an aromatic ring is 1. The van der Waals surface area contributed by atoms with Crippen LogP contribution in [0.5, 0.6) is 0 Å². The van der Waals surface area contributed by atoms with Gasteiger partial charge in [0.1, 0.15) is 18.0 Å². The normalized spacial score (nSPS) is 18.1. The quantitative estimate of drug-likeness (QED) is 0.524. The number of hydrazine groups is 1. The summed E-state index contributed by atoms with van der Waals surface area (Å²) in [6, 6.07) is 0. The SMILES string of the molecule is Cc1c(NN)ncnc1N(C)CC1(O)CCOCC1. The van der Waals surface area contributed by atoms with Crippen molar-refractivity contribution in [2.45, 2.75) is 25.4 Å². The molecule has 2 rings (SSSR count). The van der Waals surface area contributed by atoms with Crippen LogP contribution in [0.15, 0.2) is 6.33 Å². The number of aliphatic hydroxyl groups is 1. The number of nitrogens with one attached hydrogen (secondary N) is 1. The second kappa shape index (κ2) is 5.68. The third kappa shape index (κ3) is 3.12. The Labute approximate surface area is 112 Å². The zero-order chi connectivity index (χ0) is 13.9. The number of anilines is 2. The lowest BCUT2D eigenvalue weighted by Gasteiger charge is -2.36. The van der Waals surface area contributed by atoms with Crippen LogP contribution < -0.4 is 16.2 Å². The Balaban J connectivity index is 2.13. The van der Waals surface area contributed by atoms with Gasteiger partial charge in [-0.3, -0.25) is 0 Å². The average molecular weight is 267 g/mol. The zero-order valence-electron chi connectivity index (χ0n) is 11.4. The van der Waals surface area contributed by atoms with Gasteiger partial charge in [0.05, 0.1) is 5.60 Å². The van der Waals surface area contributed by atoms with Crippen LogP contribution in [0.4, 0.5) is 11.6 Å². The van der Waals surface area contributed by atoms with Gasteiger partial charge in [-0.05, 0) is 6.92 Å². The molecule has 0 radical (unpaired) electrons. The first-order chi connectivity index (χ1) is 9.06. The minimum atomic E-state index is -0.722. The molecule has 0 atom stereocenters. The highest BCUT2D eigenvalue weighted by molar-refractivity contribution is 5.57. The van der Waals surface area contributed by atoms with Crippen molar-refractivity contribution in [2.75, 3.05) is 37.1 Å². The first kappa shape index (κ1) is 14.0. The van der Waals surface area contributed by atoms with Gasteiger partial charge in [-0.1, -0.05) is 0 Å². The summed E-state index contributed by atoms with van der Waals surface area (Å²) in [5.74, 6) is 6.77. The average Bonchev–Trinajstić information content (AvgIpc) is 2.39. The number of nitrogens with zero attached hydrogens (tertiary/aromatic N) is 3. The van der Waals surface area contributed by atoms with Crippen molar-refractivity contribution < 1.29 is 9.84 Å². The summed E-state index contributed by atoms with van der Waals surface area (Å²) >= 11 is 0. The van der Waals surface area contributed by atoms with Crippen molar-refractivity contribution in [3.05, 3.63) is 11.9 Å². The Bertz CT molecular complexity index is 434. The second-order valence-electron chi connectivity index (χ2n) is 5.01. The summed E-state index contributed by atoms with van der Waals surface area (Å²) in [6.45, 7) is 3.61. The number of ether oxygens (including phenoxy) is 1. The molecular weight excluding hydrogens is 246 g/mol. The molecule has 0 unspecified atom stereocenters. The van der Waals surface area contributed by atoms with E-state index >= 15 is 0 Å². The summed E-state index contributed by atoms with van der Waals surface area (Å²) < 4.78 is 5.28. The van der Waals surface area contributed by atoms with Crippen molar-refractivity contribution in [1.29, 1.82) is 0 Å². The Morgan fingerprint density at radius 1 is 1.47 bits per heavy atom. The largest absolute Gasteiger partial charge is 0.388 e. The van der Waals surface area contributed by atoms with Crippen LogP contribution in [-0.2, 0) is 4.74 Å². The second-order valence-corrected chi connectivity index (χ2v) is 5.01. The third-order valence-corrected chi connectivity index (χ3v) is 3.51. The van der Waals surface area contributed by atoms with E-state index in [2.05, 4.69) is 15.4 Å². The number of likely N-dealkylation sites (N-methyl/N-ethyl adjacent to an activating group) is 1. The van der Waals surface area contributed by atoms with Crippen LogP contribution in [0.2, 0.25) is 0 Å². The highest BCUT2D eigenvalue weighted by atomic mass is 16.5. The molecule has 7 nitrogen and oxygen atoms in total. The van der Waals surface area contributed by atoms with E-state index in [9.17, 15) is 5.11 Å². The van der Waals surface area contributed by atoms with Crippen molar-refractivity contribution >= 4 is 11.6 Å². The Kier molecular flexibility index (Phi) is 4.18. The first-order valence-electron chi connectivity index (χ1n) is 6.35. The fraction of sp³-hybridized carbons (Fsp3) is 0.667. The summed E-state index contributed by atoms with van der Waals surface area (Å²) in [5.41, 5.74) is 2.69. The smallest absolute Gasteiger partial charge is 0.148 e. The van der Waals surface area contributed by atoms with E-state index in [1.807, 2.05) is 18.9 Å². The van der Waals surface area contributed by atoms with E-state index in [4.69, 9.17) is 10.6 Å². The van der Waals surface area contributed by atoms with Crippen LogP contribution in [0.1, 0.15) is 18.4 Å². The number of nitrogens with two attached hydrogens (primary N) is 1. The van der Waals surface area contributed by atoms with E-state index in [-0.39, 0.29) is 0 Å². The van der Waals surface area contributed by atoms with E-state index in [0.29, 0.717) is 38.4 Å². The summed E-state index contributed by atoms with van der Waals surface area (Å²) in [4.78, 5) is 10.2. The Morgan fingerprint density at radius 2 is 2.16 bits per heavy atom. The first-order valence-corrected chi connectivity index (χ1v) is 6.35. The molecule has 1 aromatic rings. The fourth-order valence-electron chi connectivity index (χ4n) is 2.40. The van der Waals surface area contributed by atoms with Gasteiger partial charge in [0.25, 0.3) is 0 Å². The molecule has 0 aromatic carbocycles. The molecule has 0 spiro atoms. The highest BCUT2D eigenvalue weighted by Gasteiger charge is 2.31. The topological polar surface area (TPSA) is 96.5 Å². The van der Waals surface area contributed by atoms with Gasteiger partial charge in [-0.25, -0.2) is 15.8 Å². The molecule has 1 saturated heterocycles. The number of hydrogen-bond acceptors (Lipinski definition) is 7. The summed E-state index contributed by atoms with van der Waals surface area (Å²) in [7, 11) is 1.91. The van der Waals surface area contributed by atoms with Crippen molar-refractivity contribution in [3.63, 3.8) is 0 Å². The van der Waals surface area contributed by atoms with Crippen LogP contribution in [-0.4, -0.2) is 47.5 Å². The maximum atomic E-state index is 10.5. The molecule has 1 aromatic heterocycles. The van der Waals surface area contributed by atoms with E-state index in [0.717, 1.165) is 11.4 Å².